The van der Waals surface area contributed by atoms with E-state index < -0.39 is 0 Å². The number of nitrogens with zero attached hydrogens (tertiary/aromatic N) is 1. The number of amides is 1. The maximum Gasteiger partial charge on any atom is 0.231 e. The van der Waals surface area contributed by atoms with Crippen LogP contribution >= 0.6 is 0 Å². The summed E-state index contributed by atoms with van der Waals surface area (Å²) in [5.74, 6) is 1.69. The highest BCUT2D eigenvalue weighted by Gasteiger charge is 2.19. The number of benzene rings is 2. The summed E-state index contributed by atoms with van der Waals surface area (Å²) >= 11 is 0. The Bertz CT molecular complexity index is 922. The van der Waals surface area contributed by atoms with Crippen molar-refractivity contribution in [2.75, 3.05) is 11.7 Å². The number of rotatable bonds is 6. The molecule has 5 nitrogen and oxygen atoms in total. The van der Waals surface area contributed by atoms with Gasteiger partial charge >= 0.3 is 0 Å². The van der Waals surface area contributed by atoms with E-state index in [0.29, 0.717) is 30.2 Å². The molecule has 0 fully saturated rings. The summed E-state index contributed by atoms with van der Waals surface area (Å²) in [7, 11) is 0. The normalized spacial score (nSPS) is 12.2. The fraction of sp³-hybridized carbons (Fsp3) is 0.190. The third kappa shape index (κ3) is 3.95. The number of aryl methyl sites for hydroxylation is 1. The number of fused-ring (bicyclic) bond motifs is 1. The zero-order valence-corrected chi connectivity index (χ0v) is 14.6. The molecule has 6 heteroatoms. The lowest BCUT2D eigenvalue weighted by molar-refractivity contribution is -0.118. The van der Waals surface area contributed by atoms with Crippen LogP contribution in [0, 0.1) is 5.82 Å². The van der Waals surface area contributed by atoms with E-state index in [1.807, 2.05) is 24.3 Å². The molecule has 0 saturated heterocycles. The number of anilines is 1. The summed E-state index contributed by atoms with van der Waals surface area (Å²) in [6, 6.07) is 15.1. The minimum absolute atomic E-state index is 0.0734. The van der Waals surface area contributed by atoms with Crippen LogP contribution in [-0.4, -0.2) is 12.7 Å². The zero-order valence-electron chi connectivity index (χ0n) is 14.6. The molecule has 4 rings (SSSR count). The highest BCUT2D eigenvalue weighted by atomic mass is 19.1. The molecule has 27 heavy (non-hydrogen) atoms. The first kappa shape index (κ1) is 17.1. The quantitative estimate of drug-likeness (QED) is 0.651. The van der Waals surface area contributed by atoms with Gasteiger partial charge in [0.2, 0.25) is 12.7 Å². The number of hydrogen-bond acceptors (Lipinski definition) is 4. The molecule has 0 N–H and O–H groups in total. The number of carbonyl (C=O) groups excluding carboxylic acids is 1. The van der Waals surface area contributed by atoms with Gasteiger partial charge in [0.15, 0.2) is 11.5 Å². The predicted octanol–water partition coefficient (Wildman–Crippen LogP) is 4.31. The van der Waals surface area contributed by atoms with E-state index in [0.717, 1.165) is 11.3 Å². The Balaban J connectivity index is 1.55. The van der Waals surface area contributed by atoms with E-state index in [-0.39, 0.29) is 24.9 Å². The highest BCUT2D eigenvalue weighted by Crippen LogP contribution is 2.33. The standard InChI is InChI=1S/C21H18FNO4/c22-16-4-6-17(7-5-16)23(21(24)10-8-18-2-1-11-25-18)13-15-3-9-19-20(12-15)27-14-26-19/h1-7,9,11-12H,8,10,13-14H2. The molecule has 1 aliphatic heterocycles. The summed E-state index contributed by atoms with van der Waals surface area (Å²) in [6.45, 7) is 0.543. The topological polar surface area (TPSA) is 51.9 Å². The molecule has 0 radical (unpaired) electrons. The Morgan fingerprint density at radius 2 is 1.85 bits per heavy atom. The highest BCUT2D eigenvalue weighted by molar-refractivity contribution is 5.93. The lowest BCUT2D eigenvalue weighted by Gasteiger charge is -2.23. The van der Waals surface area contributed by atoms with E-state index in [1.165, 1.54) is 12.1 Å². The van der Waals surface area contributed by atoms with Gasteiger partial charge in [-0.05, 0) is 54.1 Å². The van der Waals surface area contributed by atoms with Crippen molar-refractivity contribution in [1.29, 1.82) is 0 Å². The first-order valence-electron chi connectivity index (χ1n) is 8.66. The van der Waals surface area contributed by atoms with Gasteiger partial charge < -0.3 is 18.8 Å². The van der Waals surface area contributed by atoms with Gasteiger partial charge in [0.25, 0.3) is 0 Å². The largest absolute Gasteiger partial charge is 0.469 e. The van der Waals surface area contributed by atoms with E-state index in [9.17, 15) is 9.18 Å². The van der Waals surface area contributed by atoms with Crippen LogP contribution in [0.4, 0.5) is 10.1 Å². The molecule has 0 atom stereocenters. The summed E-state index contributed by atoms with van der Waals surface area (Å²) in [5.41, 5.74) is 1.54. The van der Waals surface area contributed by atoms with Crippen LogP contribution in [-0.2, 0) is 17.8 Å². The Labute approximate surface area is 155 Å². The Morgan fingerprint density at radius 3 is 2.63 bits per heavy atom. The lowest BCUT2D eigenvalue weighted by atomic mass is 10.1. The third-order valence-corrected chi connectivity index (χ3v) is 4.38. The average molecular weight is 367 g/mol. The van der Waals surface area contributed by atoms with Crippen LogP contribution in [0.25, 0.3) is 0 Å². The molecule has 0 bridgehead atoms. The second kappa shape index (κ2) is 7.53. The van der Waals surface area contributed by atoms with Crippen LogP contribution in [0.2, 0.25) is 0 Å². The van der Waals surface area contributed by atoms with Gasteiger partial charge in [0.1, 0.15) is 11.6 Å². The van der Waals surface area contributed by atoms with Crippen molar-refractivity contribution in [2.24, 2.45) is 0 Å². The fourth-order valence-electron chi connectivity index (χ4n) is 2.99. The Hall–Kier alpha value is -3.28. The van der Waals surface area contributed by atoms with Crippen LogP contribution in [0.15, 0.2) is 65.3 Å². The van der Waals surface area contributed by atoms with Crippen molar-refractivity contribution >= 4 is 11.6 Å². The lowest BCUT2D eigenvalue weighted by Crippen LogP contribution is -2.30. The number of furan rings is 1. The SMILES string of the molecule is O=C(CCc1ccco1)N(Cc1ccc2c(c1)OCO2)c1ccc(F)cc1. The van der Waals surface area contributed by atoms with Crippen molar-refractivity contribution in [3.63, 3.8) is 0 Å². The third-order valence-electron chi connectivity index (χ3n) is 4.38. The van der Waals surface area contributed by atoms with Gasteiger partial charge in [0.05, 0.1) is 12.8 Å². The number of carbonyl (C=O) groups is 1. The first-order valence-corrected chi connectivity index (χ1v) is 8.66. The van der Waals surface area contributed by atoms with Crippen LogP contribution in [0.1, 0.15) is 17.7 Å². The van der Waals surface area contributed by atoms with Crippen LogP contribution < -0.4 is 14.4 Å². The average Bonchev–Trinajstić information content (AvgIpc) is 3.36. The Morgan fingerprint density at radius 1 is 1.04 bits per heavy atom. The van der Waals surface area contributed by atoms with E-state index >= 15 is 0 Å². The summed E-state index contributed by atoms with van der Waals surface area (Å²) < 4.78 is 29.4. The molecule has 1 amide bonds. The number of hydrogen-bond donors (Lipinski definition) is 0. The molecule has 0 aliphatic carbocycles. The molecule has 2 heterocycles. The predicted molar refractivity (Wildman–Crippen MR) is 97.2 cm³/mol. The monoisotopic (exact) mass is 367 g/mol. The van der Waals surface area contributed by atoms with Crippen molar-refractivity contribution in [2.45, 2.75) is 19.4 Å². The molecule has 3 aromatic rings. The van der Waals surface area contributed by atoms with Crippen LogP contribution in [0.5, 0.6) is 11.5 Å². The van der Waals surface area contributed by atoms with E-state index in [2.05, 4.69) is 0 Å². The van der Waals surface area contributed by atoms with Crippen molar-refractivity contribution in [1.82, 2.24) is 0 Å². The maximum absolute atomic E-state index is 13.3. The molecule has 0 saturated carbocycles. The molecule has 138 valence electrons. The minimum Gasteiger partial charge on any atom is -0.469 e. The van der Waals surface area contributed by atoms with Gasteiger partial charge in [-0.15, -0.1) is 0 Å². The molecular formula is C21H18FNO4. The van der Waals surface area contributed by atoms with Gasteiger partial charge in [-0.1, -0.05) is 6.07 Å². The van der Waals surface area contributed by atoms with Gasteiger partial charge in [-0.25, -0.2) is 4.39 Å². The fourth-order valence-corrected chi connectivity index (χ4v) is 2.99. The molecule has 1 aromatic heterocycles. The Kier molecular flexibility index (Phi) is 4.78. The molecular weight excluding hydrogens is 349 g/mol. The molecule has 1 aliphatic rings. The first-order chi connectivity index (χ1) is 13.2. The summed E-state index contributed by atoms with van der Waals surface area (Å²) in [4.78, 5) is 14.5. The summed E-state index contributed by atoms with van der Waals surface area (Å²) in [6.07, 6.45) is 2.38. The number of ether oxygens (including phenoxy) is 2. The molecule has 2 aromatic carbocycles. The van der Waals surface area contributed by atoms with Crippen molar-refractivity contribution < 1.29 is 23.1 Å². The van der Waals surface area contributed by atoms with E-state index in [4.69, 9.17) is 13.9 Å². The van der Waals surface area contributed by atoms with Gasteiger partial charge in [0, 0.05) is 18.5 Å². The van der Waals surface area contributed by atoms with Crippen molar-refractivity contribution in [3.8, 4) is 11.5 Å². The van der Waals surface area contributed by atoms with Gasteiger partial charge in [-0.2, -0.15) is 0 Å². The second-order valence-electron chi connectivity index (χ2n) is 6.22. The maximum atomic E-state index is 13.3. The van der Waals surface area contributed by atoms with Crippen molar-refractivity contribution in [3.05, 3.63) is 78.0 Å². The second-order valence-corrected chi connectivity index (χ2v) is 6.22. The van der Waals surface area contributed by atoms with Crippen LogP contribution in [0.3, 0.4) is 0 Å². The summed E-state index contributed by atoms with van der Waals surface area (Å²) in [5, 5.41) is 0. The van der Waals surface area contributed by atoms with Gasteiger partial charge in [-0.3, -0.25) is 4.79 Å². The minimum atomic E-state index is -0.343. The smallest absolute Gasteiger partial charge is 0.231 e. The molecule has 0 unspecified atom stereocenters. The molecule has 0 spiro atoms. The van der Waals surface area contributed by atoms with E-state index in [1.54, 1.807) is 29.4 Å². The zero-order chi connectivity index (χ0) is 18.6. The number of halogens is 1.